The Bertz CT molecular complexity index is 88.3. The molecule has 0 aliphatic heterocycles. The molecule has 0 spiro atoms. The van der Waals surface area contributed by atoms with Crippen LogP contribution in [0.25, 0.3) is 0 Å². The molecule has 0 atom stereocenters. The van der Waals surface area contributed by atoms with E-state index in [0.717, 1.165) is 0 Å². The van der Waals surface area contributed by atoms with Gasteiger partial charge in [-0.1, -0.05) is 34.1 Å². The summed E-state index contributed by atoms with van der Waals surface area (Å²) in [7, 11) is 0. The second kappa shape index (κ2) is 8.52. The molecule has 0 aliphatic carbocycles. The van der Waals surface area contributed by atoms with Gasteiger partial charge < -0.3 is 10.6 Å². The SMILES string of the molecule is CC(C)NCCCCCNC(C)C. The summed E-state index contributed by atoms with van der Waals surface area (Å²) in [6.45, 7) is 11.1. The van der Waals surface area contributed by atoms with E-state index in [1.165, 1.54) is 32.4 Å². The van der Waals surface area contributed by atoms with Crippen LogP contribution in [-0.2, 0) is 0 Å². The third-order valence-electron chi connectivity index (χ3n) is 1.96. The van der Waals surface area contributed by atoms with Crippen molar-refractivity contribution >= 4 is 0 Å². The van der Waals surface area contributed by atoms with Crippen LogP contribution in [0.1, 0.15) is 47.0 Å². The lowest BCUT2D eigenvalue weighted by Crippen LogP contribution is -2.25. The van der Waals surface area contributed by atoms with Crippen LogP contribution in [-0.4, -0.2) is 25.2 Å². The Morgan fingerprint density at radius 1 is 0.692 bits per heavy atom. The summed E-state index contributed by atoms with van der Waals surface area (Å²) in [5, 5.41) is 6.85. The molecule has 0 fully saturated rings. The standard InChI is InChI=1S/C11H26N2/c1-10(2)12-8-6-5-7-9-13-11(3)4/h10-13H,5-9H2,1-4H3. The van der Waals surface area contributed by atoms with Crippen molar-refractivity contribution in [3.63, 3.8) is 0 Å². The number of rotatable bonds is 8. The van der Waals surface area contributed by atoms with E-state index in [9.17, 15) is 0 Å². The molecule has 0 saturated heterocycles. The first kappa shape index (κ1) is 12.9. The Hall–Kier alpha value is -0.0800. The Kier molecular flexibility index (Phi) is 8.46. The summed E-state index contributed by atoms with van der Waals surface area (Å²) in [5.41, 5.74) is 0. The predicted octanol–water partition coefficient (Wildman–Crippen LogP) is 2.15. The second-order valence-corrected chi connectivity index (χ2v) is 4.28. The Balaban J connectivity index is 2.92. The third kappa shape index (κ3) is 11.9. The van der Waals surface area contributed by atoms with Crippen LogP contribution in [0, 0.1) is 0 Å². The summed E-state index contributed by atoms with van der Waals surface area (Å²) in [5.74, 6) is 0. The zero-order chi connectivity index (χ0) is 10.1. The van der Waals surface area contributed by atoms with Crippen LogP contribution in [0.2, 0.25) is 0 Å². The number of nitrogens with one attached hydrogen (secondary N) is 2. The van der Waals surface area contributed by atoms with Crippen molar-refractivity contribution < 1.29 is 0 Å². The predicted molar refractivity (Wildman–Crippen MR) is 60.1 cm³/mol. The van der Waals surface area contributed by atoms with Crippen molar-refractivity contribution in [3.05, 3.63) is 0 Å². The van der Waals surface area contributed by atoms with Gasteiger partial charge in [-0.2, -0.15) is 0 Å². The molecule has 0 aromatic heterocycles. The molecule has 0 rings (SSSR count). The summed E-state index contributed by atoms with van der Waals surface area (Å²) in [6, 6.07) is 1.27. The van der Waals surface area contributed by atoms with Gasteiger partial charge in [0.25, 0.3) is 0 Å². The Morgan fingerprint density at radius 3 is 1.38 bits per heavy atom. The first-order chi connectivity index (χ1) is 6.13. The van der Waals surface area contributed by atoms with E-state index in [0.29, 0.717) is 12.1 Å². The lowest BCUT2D eigenvalue weighted by Gasteiger charge is -2.09. The molecule has 2 nitrogen and oxygen atoms in total. The van der Waals surface area contributed by atoms with Crippen molar-refractivity contribution in [3.8, 4) is 0 Å². The van der Waals surface area contributed by atoms with Crippen LogP contribution in [0.3, 0.4) is 0 Å². The molecule has 0 unspecified atom stereocenters. The van der Waals surface area contributed by atoms with Gasteiger partial charge in [0.1, 0.15) is 0 Å². The van der Waals surface area contributed by atoms with Gasteiger partial charge in [-0.15, -0.1) is 0 Å². The highest BCUT2D eigenvalue weighted by Gasteiger charge is 1.93. The first-order valence-corrected chi connectivity index (χ1v) is 5.59. The fraction of sp³-hybridized carbons (Fsp3) is 1.00. The highest BCUT2D eigenvalue weighted by atomic mass is 14.9. The highest BCUT2D eigenvalue weighted by Crippen LogP contribution is 1.93. The summed E-state index contributed by atoms with van der Waals surface area (Å²) in [4.78, 5) is 0. The number of unbranched alkanes of at least 4 members (excludes halogenated alkanes) is 2. The van der Waals surface area contributed by atoms with Crippen LogP contribution in [0.15, 0.2) is 0 Å². The number of hydrogen-bond acceptors (Lipinski definition) is 2. The average Bonchev–Trinajstić information content (AvgIpc) is 2.01. The molecular formula is C11H26N2. The molecule has 0 saturated carbocycles. The Labute approximate surface area is 83.5 Å². The molecule has 80 valence electrons. The highest BCUT2D eigenvalue weighted by molar-refractivity contribution is 4.55. The fourth-order valence-electron chi connectivity index (χ4n) is 1.21. The van der Waals surface area contributed by atoms with Crippen molar-refractivity contribution in [1.82, 2.24) is 10.6 Å². The minimum atomic E-state index is 0.633. The monoisotopic (exact) mass is 186 g/mol. The molecule has 13 heavy (non-hydrogen) atoms. The smallest absolute Gasteiger partial charge is 0.00103 e. The largest absolute Gasteiger partial charge is 0.315 e. The van der Waals surface area contributed by atoms with E-state index in [1.807, 2.05) is 0 Å². The van der Waals surface area contributed by atoms with Crippen LogP contribution in [0.4, 0.5) is 0 Å². The van der Waals surface area contributed by atoms with Gasteiger partial charge in [0.2, 0.25) is 0 Å². The molecule has 2 heteroatoms. The van der Waals surface area contributed by atoms with Crippen molar-refractivity contribution in [2.45, 2.75) is 59.0 Å². The van der Waals surface area contributed by atoms with Gasteiger partial charge in [-0.25, -0.2) is 0 Å². The first-order valence-electron chi connectivity index (χ1n) is 5.59. The van der Waals surface area contributed by atoms with E-state index in [-0.39, 0.29) is 0 Å². The molecule has 0 aromatic rings. The second-order valence-electron chi connectivity index (χ2n) is 4.28. The van der Waals surface area contributed by atoms with Crippen molar-refractivity contribution in [1.29, 1.82) is 0 Å². The lowest BCUT2D eigenvalue weighted by molar-refractivity contribution is 0.519. The summed E-state index contributed by atoms with van der Waals surface area (Å²) < 4.78 is 0. The molecule has 0 bridgehead atoms. The molecule has 2 N–H and O–H groups in total. The van der Waals surface area contributed by atoms with Gasteiger partial charge in [-0.3, -0.25) is 0 Å². The summed E-state index contributed by atoms with van der Waals surface area (Å²) in [6.07, 6.45) is 3.94. The number of hydrogen-bond donors (Lipinski definition) is 2. The van der Waals surface area contributed by atoms with E-state index < -0.39 is 0 Å². The van der Waals surface area contributed by atoms with Gasteiger partial charge >= 0.3 is 0 Å². The quantitative estimate of drug-likeness (QED) is 0.568. The third-order valence-corrected chi connectivity index (χ3v) is 1.96. The van der Waals surface area contributed by atoms with Crippen LogP contribution >= 0.6 is 0 Å². The average molecular weight is 186 g/mol. The van der Waals surface area contributed by atoms with E-state index in [4.69, 9.17) is 0 Å². The lowest BCUT2D eigenvalue weighted by atomic mass is 10.2. The molecule has 0 aliphatic rings. The molecular weight excluding hydrogens is 160 g/mol. The minimum absolute atomic E-state index is 0.633. The molecule has 0 aromatic carbocycles. The van der Waals surface area contributed by atoms with Gasteiger partial charge in [0, 0.05) is 12.1 Å². The van der Waals surface area contributed by atoms with Gasteiger partial charge in [-0.05, 0) is 25.9 Å². The minimum Gasteiger partial charge on any atom is -0.315 e. The van der Waals surface area contributed by atoms with Crippen LogP contribution < -0.4 is 10.6 Å². The summed E-state index contributed by atoms with van der Waals surface area (Å²) >= 11 is 0. The van der Waals surface area contributed by atoms with Crippen molar-refractivity contribution in [2.24, 2.45) is 0 Å². The van der Waals surface area contributed by atoms with Gasteiger partial charge in [0.05, 0.1) is 0 Å². The zero-order valence-electron chi connectivity index (χ0n) is 9.69. The van der Waals surface area contributed by atoms with Crippen molar-refractivity contribution in [2.75, 3.05) is 13.1 Å². The molecule has 0 radical (unpaired) electrons. The van der Waals surface area contributed by atoms with Crippen LogP contribution in [0.5, 0.6) is 0 Å². The van der Waals surface area contributed by atoms with Gasteiger partial charge in [0.15, 0.2) is 0 Å². The molecule has 0 amide bonds. The zero-order valence-corrected chi connectivity index (χ0v) is 9.69. The fourth-order valence-corrected chi connectivity index (χ4v) is 1.21. The molecule has 0 heterocycles. The normalized spacial score (nSPS) is 11.5. The van der Waals surface area contributed by atoms with E-state index in [2.05, 4.69) is 38.3 Å². The Morgan fingerprint density at radius 2 is 1.08 bits per heavy atom. The maximum Gasteiger partial charge on any atom is 0.00103 e. The van der Waals surface area contributed by atoms with E-state index in [1.54, 1.807) is 0 Å². The maximum atomic E-state index is 3.42. The maximum absolute atomic E-state index is 3.42. The topological polar surface area (TPSA) is 24.1 Å². The van der Waals surface area contributed by atoms with E-state index >= 15 is 0 Å².